The fourth-order valence-corrected chi connectivity index (χ4v) is 4.94. The van der Waals surface area contributed by atoms with Gasteiger partial charge >= 0.3 is 0 Å². The largest absolute Gasteiger partial charge is 0.328 e. The van der Waals surface area contributed by atoms with E-state index in [-0.39, 0.29) is 17.2 Å². The Morgan fingerprint density at radius 1 is 1.21 bits per heavy atom. The van der Waals surface area contributed by atoms with Gasteiger partial charge in [0.15, 0.2) is 5.78 Å². The summed E-state index contributed by atoms with van der Waals surface area (Å²) in [5.74, 6) is 1.98. The van der Waals surface area contributed by atoms with Gasteiger partial charge in [0.25, 0.3) is 0 Å². The van der Waals surface area contributed by atoms with Gasteiger partial charge < -0.3 is 5.32 Å². The zero-order valence-electron chi connectivity index (χ0n) is 16.9. The van der Waals surface area contributed by atoms with E-state index >= 15 is 0 Å². The molecule has 0 radical (unpaired) electrons. The van der Waals surface area contributed by atoms with E-state index in [4.69, 9.17) is 10.1 Å². The summed E-state index contributed by atoms with van der Waals surface area (Å²) in [5, 5.41) is 9.01. The second kappa shape index (κ2) is 7.74. The molecule has 0 amide bonds. The number of hydrogen-bond donors (Lipinski definition) is 1. The minimum Gasteiger partial charge on any atom is -0.328 e. The van der Waals surface area contributed by atoms with Gasteiger partial charge in [-0.1, -0.05) is 75.7 Å². The molecule has 1 aliphatic carbocycles. The molecule has 1 unspecified atom stereocenters. The van der Waals surface area contributed by atoms with E-state index in [1.165, 1.54) is 19.3 Å². The summed E-state index contributed by atoms with van der Waals surface area (Å²) in [6.45, 7) is 6.52. The zero-order chi connectivity index (χ0) is 19.7. The van der Waals surface area contributed by atoms with E-state index in [9.17, 15) is 4.79 Å². The van der Waals surface area contributed by atoms with Crippen LogP contribution in [0.1, 0.15) is 64.5 Å². The molecule has 148 valence electrons. The van der Waals surface area contributed by atoms with Crippen molar-refractivity contribution in [3.05, 3.63) is 47.2 Å². The first-order chi connectivity index (χ1) is 13.5. The maximum atomic E-state index is 13.1. The van der Waals surface area contributed by atoms with Gasteiger partial charge in [-0.25, -0.2) is 4.68 Å². The van der Waals surface area contributed by atoms with Crippen LogP contribution in [0.25, 0.3) is 0 Å². The predicted molar refractivity (Wildman–Crippen MR) is 114 cm³/mol. The highest BCUT2D eigenvalue weighted by atomic mass is 32.2. The molecule has 4 rings (SSSR count). The van der Waals surface area contributed by atoms with Crippen LogP contribution in [0.4, 0.5) is 5.95 Å². The maximum absolute atomic E-state index is 13.1. The molecular formula is C22H28N4OS. The van der Waals surface area contributed by atoms with Crippen LogP contribution in [-0.4, -0.2) is 26.3 Å². The second-order valence-corrected chi connectivity index (χ2v) is 9.55. The molecule has 28 heavy (non-hydrogen) atoms. The number of carbonyl (C=O) groups is 1. The van der Waals surface area contributed by atoms with Gasteiger partial charge in [0, 0.05) is 23.4 Å². The van der Waals surface area contributed by atoms with Gasteiger partial charge in [0.2, 0.25) is 11.1 Å². The molecule has 1 aliphatic heterocycles. The molecule has 0 fully saturated rings. The first-order valence-electron chi connectivity index (χ1n) is 10.2. The van der Waals surface area contributed by atoms with Gasteiger partial charge in [-0.15, -0.1) is 5.10 Å². The zero-order valence-corrected chi connectivity index (χ0v) is 17.7. The number of rotatable bonds is 6. The van der Waals surface area contributed by atoms with Crippen LogP contribution >= 0.6 is 11.8 Å². The summed E-state index contributed by atoms with van der Waals surface area (Å²) < 4.78 is 1.91. The molecular weight excluding hydrogens is 368 g/mol. The van der Waals surface area contributed by atoms with Crippen molar-refractivity contribution >= 4 is 23.5 Å². The lowest BCUT2D eigenvalue weighted by Crippen LogP contribution is -2.36. The number of allylic oxidation sites excluding steroid dienone is 2. The van der Waals surface area contributed by atoms with Gasteiger partial charge in [-0.2, -0.15) is 4.98 Å². The molecule has 1 atom stereocenters. The Hall–Kier alpha value is -2.08. The highest BCUT2D eigenvalue weighted by Gasteiger charge is 2.41. The van der Waals surface area contributed by atoms with E-state index in [2.05, 4.69) is 38.2 Å². The third kappa shape index (κ3) is 3.75. The smallest absolute Gasteiger partial charge is 0.227 e. The van der Waals surface area contributed by atoms with Crippen molar-refractivity contribution in [3.63, 3.8) is 0 Å². The third-order valence-electron chi connectivity index (χ3n) is 5.41. The topological polar surface area (TPSA) is 59.8 Å². The monoisotopic (exact) mass is 396 g/mol. The minimum atomic E-state index is -0.200. The summed E-state index contributed by atoms with van der Waals surface area (Å²) in [6, 6.07) is 9.99. The number of fused-ring (bicyclic) bond motifs is 1. The summed E-state index contributed by atoms with van der Waals surface area (Å²) >= 11 is 1.70. The van der Waals surface area contributed by atoms with Gasteiger partial charge in [-0.05, 0) is 23.8 Å². The molecule has 0 spiro atoms. The molecule has 1 aromatic carbocycles. The molecule has 2 aromatic rings. The number of Topliss-reactive ketones (excluding diaryl/α,β-unsaturated/α-hetero) is 1. The van der Waals surface area contributed by atoms with Crippen LogP contribution in [0, 0.1) is 5.41 Å². The third-order valence-corrected chi connectivity index (χ3v) is 6.33. The van der Waals surface area contributed by atoms with Crippen LogP contribution in [-0.2, 0) is 4.79 Å². The molecule has 1 N–H and O–H groups in total. The van der Waals surface area contributed by atoms with E-state index in [0.29, 0.717) is 6.42 Å². The number of unbranched alkanes of at least 4 members (excludes halogenated alkanes) is 2. The Morgan fingerprint density at radius 3 is 2.75 bits per heavy atom. The maximum Gasteiger partial charge on any atom is 0.227 e. The Balaban J connectivity index is 1.72. The molecule has 6 heteroatoms. The number of hydrogen-bond acceptors (Lipinski definition) is 5. The number of ketones is 1. The fraction of sp³-hybridized carbons (Fsp3) is 0.500. The number of thioether (sulfide) groups is 1. The summed E-state index contributed by atoms with van der Waals surface area (Å²) in [4.78, 5) is 17.9. The Labute approximate surface area is 171 Å². The number of aromatic nitrogens is 3. The van der Waals surface area contributed by atoms with Crippen LogP contribution in [0.3, 0.4) is 0 Å². The van der Waals surface area contributed by atoms with Crippen molar-refractivity contribution in [2.75, 3.05) is 11.1 Å². The van der Waals surface area contributed by atoms with Crippen LogP contribution in [0.2, 0.25) is 0 Å². The van der Waals surface area contributed by atoms with Crippen LogP contribution in [0.15, 0.2) is 46.8 Å². The van der Waals surface area contributed by atoms with Crippen molar-refractivity contribution in [2.45, 2.75) is 64.1 Å². The van der Waals surface area contributed by atoms with Crippen molar-refractivity contribution in [1.82, 2.24) is 14.8 Å². The van der Waals surface area contributed by atoms with Crippen molar-refractivity contribution in [1.29, 1.82) is 0 Å². The average Bonchev–Trinajstić information content (AvgIpc) is 3.05. The molecule has 0 bridgehead atoms. The second-order valence-electron chi connectivity index (χ2n) is 8.49. The molecule has 5 nitrogen and oxygen atoms in total. The van der Waals surface area contributed by atoms with Gasteiger partial charge in [0.1, 0.15) is 6.04 Å². The highest BCUT2D eigenvalue weighted by molar-refractivity contribution is 7.99. The SMILES string of the molecule is CCCCCSc1nc2n(n1)C(c1ccccc1)C1=C(CC(C)(C)CC1=O)N2. The molecule has 2 aliphatic rings. The summed E-state index contributed by atoms with van der Waals surface area (Å²) in [5.41, 5.74) is 2.91. The Kier molecular flexibility index (Phi) is 5.32. The summed E-state index contributed by atoms with van der Waals surface area (Å²) in [6.07, 6.45) is 5.02. The molecule has 1 aromatic heterocycles. The number of nitrogens with zero attached hydrogens (tertiary/aromatic N) is 3. The van der Waals surface area contributed by atoms with Crippen LogP contribution < -0.4 is 5.32 Å². The van der Waals surface area contributed by atoms with E-state index < -0.39 is 0 Å². The van der Waals surface area contributed by atoms with Crippen molar-refractivity contribution in [3.8, 4) is 0 Å². The minimum absolute atomic E-state index is 0.0376. The number of benzene rings is 1. The van der Waals surface area contributed by atoms with Gasteiger partial charge in [0.05, 0.1) is 0 Å². The number of nitrogens with one attached hydrogen (secondary N) is 1. The Bertz CT molecular complexity index is 901. The average molecular weight is 397 g/mol. The highest BCUT2D eigenvalue weighted by Crippen LogP contribution is 2.45. The number of anilines is 1. The molecule has 0 saturated heterocycles. The van der Waals surface area contributed by atoms with Crippen molar-refractivity contribution < 1.29 is 4.79 Å². The van der Waals surface area contributed by atoms with Crippen LogP contribution in [0.5, 0.6) is 0 Å². The van der Waals surface area contributed by atoms with Crippen molar-refractivity contribution in [2.24, 2.45) is 5.41 Å². The molecule has 0 saturated carbocycles. The van der Waals surface area contributed by atoms with E-state index in [0.717, 1.165) is 40.1 Å². The predicted octanol–water partition coefficient (Wildman–Crippen LogP) is 5.22. The standard InChI is InChI=1S/C22H28N4OS/c1-4-5-9-12-28-21-24-20-23-16-13-22(2,3)14-17(27)18(16)19(26(20)25-21)15-10-7-6-8-11-15/h6-8,10-11,19H,4-5,9,12-14H2,1-3H3,(H,23,24,25). The fourth-order valence-electron chi connectivity index (χ4n) is 4.11. The van der Waals surface area contributed by atoms with Gasteiger partial charge in [-0.3, -0.25) is 4.79 Å². The van der Waals surface area contributed by atoms with E-state index in [1.54, 1.807) is 11.8 Å². The normalized spacial score (nSPS) is 20.5. The lowest BCUT2D eigenvalue weighted by Gasteiger charge is -2.38. The molecule has 2 heterocycles. The Morgan fingerprint density at radius 2 is 2.00 bits per heavy atom. The van der Waals surface area contributed by atoms with E-state index in [1.807, 2.05) is 22.9 Å². The number of carbonyl (C=O) groups excluding carboxylic acids is 1. The quantitative estimate of drug-likeness (QED) is 0.536. The first kappa shape index (κ1) is 19.2. The lowest BCUT2D eigenvalue weighted by atomic mass is 9.73. The summed E-state index contributed by atoms with van der Waals surface area (Å²) in [7, 11) is 0. The lowest BCUT2D eigenvalue weighted by molar-refractivity contribution is -0.118. The first-order valence-corrected chi connectivity index (χ1v) is 11.1.